The van der Waals surface area contributed by atoms with E-state index in [-0.39, 0.29) is 5.91 Å². The number of hydrogen-bond donors (Lipinski definition) is 2. The van der Waals surface area contributed by atoms with E-state index in [0.29, 0.717) is 6.42 Å². The highest BCUT2D eigenvalue weighted by atomic mass is 16.1. The van der Waals surface area contributed by atoms with Crippen LogP contribution in [0.2, 0.25) is 0 Å². The van der Waals surface area contributed by atoms with Crippen molar-refractivity contribution in [2.75, 3.05) is 12.4 Å². The molecular weight excluding hydrogens is 166 g/mol. The van der Waals surface area contributed by atoms with Crippen molar-refractivity contribution in [2.45, 2.75) is 13.0 Å². The SMILES string of the molecule is CNCc1cc2c(cn1)NC(=O)C2. The first-order valence-electron chi connectivity index (χ1n) is 4.22. The molecule has 1 aliphatic rings. The lowest BCUT2D eigenvalue weighted by molar-refractivity contribution is -0.115. The number of pyridine rings is 1. The normalized spacial score (nSPS) is 14.1. The summed E-state index contributed by atoms with van der Waals surface area (Å²) in [6.45, 7) is 0.738. The van der Waals surface area contributed by atoms with Crippen molar-refractivity contribution >= 4 is 11.6 Å². The maximum atomic E-state index is 11.0. The summed E-state index contributed by atoms with van der Waals surface area (Å²) in [6.07, 6.45) is 2.20. The van der Waals surface area contributed by atoms with Gasteiger partial charge in [-0.3, -0.25) is 9.78 Å². The Labute approximate surface area is 76.4 Å². The molecule has 13 heavy (non-hydrogen) atoms. The first kappa shape index (κ1) is 8.19. The van der Waals surface area contributed by atoms with Crippen molar-refractivity contribution in [1.82, 2.24) is 10.3 Å². The summed E-state index contributed by atoms with van der Waals surface area (Å²) in [5.74, 6) is 0.0541. The predicted octanol–water partition coefficient (Wildman–Crippen LogP) is 0.296. The lowest BCUT2D eigenvalue weighted by Crippen LogP contribution is -2.06. The lowest BCUT2D eigenvalue weighted by Gasteiger charge is -2.01. The van der Waals surface area contributed by atoms with Gasteiger partial charge in [0.2, 0.25) is 5.91 Å². The van der Waals surface area contributed by atoms with E-state index in [0.717, 1.165) is 23.5 Å². The zero-order valence-corrected chi connectivity index (χ0v) is 7.42. The molecule has 1 aromatic rings. The molecule has 2 N–H and O–H groups in total. The van der Waals surface area contributed by atoms with E-state index < -0.39 is 0 Å². The summed E-state index contributed by atoms with van der Waals surface area (Å²) < 4.78 is 0. The van der Waals surface area contributed by atoms with Gasteiger partial charge in [-0.2, -0.15) is 0 Å². The van der Waals surface area contributed by atoms with E-state index in [2.05, 4.69) is 15.6 Å². The highest BCUT2D eigenvalue weighted by molar-refractivity contribution is 5.98. The van der Waals surface area contributed by atoms with Gasteiger partial charge in [0.1, 0.15) is 0 Å². The lowest BCUT2D eigenvalue weighted by atomic mass is 10.2. The molecule has 68 valence electrons. The fraction of sp³-hybridized carbons (Fsp3) is 0.333. The smallest absolute Gasteiger partial charge is 0.228 e. The zero-order valence-electron chi connectivity index (χ0n) is 7.42. The Kier molecular flexibility index (Phi) is 1.98. The van der Waals surface area contributed by atoms with E-state index >= 15 is 0 Å². The van der Waals surface area contributed by atoms with Gasteiger partial charge in [0.05, 0.1) is 24.0 Å². The monoisotopic (exact) mass is 177 g/mol. The van der Waals surface area contributed by atoms with E-state index in [4.69, 9.17) is 0 Å². The number of amides is 1. The molecule has 0 fully saturated rings. The molecule has 1 aliphatic heterocycles. The van der Waals surface area contributed by atoms with Crippen LogP contribution in [0.4, 0.5) is 5.69 Å². The molecule has 0 saturated carbocycles. The molecule has 0 aliphatic carbocycles. The Hall–Kier alpha value is -1.42. The molecule has 0 radical (unpaired) electrons. The number of nitrogens with zero attached hydrogens (tertiary/aromatic N) is 1. The highest BCUT2D eigenvalue weighted by Gasteiger charge is 2.17. The fourth-order valence-electron chi connectivity index (χ4n) is 1.45. The van der Waals surface area contributed by atoms with Gasteiger partial charge in [0.25, 0.3) is 0 Å². The molecule has 0 bridgehead atoms. The molecule has 0 saturated heterocycles. The van der Waals surface area contributed by atoms with Crippen LogP contribution in [-0.4, -0.2) is 17.9 Å². The van der Waals surface area contributed by atoms with Gasteiger partial charge in [-0.15, -0.1) is 0 Å². The molecule has 0 unspecified atom stereocenters. The third-order valence-electron chi connectivity index (χ3n) is 2.03. The van der Waals surface area contributed by atoms with Crippen LogP contribution in [0.15, 0.2) is 12.3 Å². The molecule has 4 nitrogen and oxygen atoms in total. The second-order valence-electron chi connectivity index (χ2n) is 3.09. The predicted molar refractivity (Wildman–Crippen MR) is 49.3 cm³/mol. The Balaban J connectivity index is 2.29. The number of carbonyl (C=O) groups is 1. The summed E-state index contributed by atoms with van der Waals surface area (Å²) in [5.41, 5.74) is 2.87. The van der Waals surface area contributed by atoms with E-state index in [1.165, 1.54) is 0 Å². The minimum absolute atomic E-state index is 0.0541. The van der Waals surface area contributed by atoms with Crippen molar-refractivity contribution in [3.8, 4) is 0 Å². The van der Waals surface area contributed by atoms with E-state index in [9.17, 15) is 4.79 Å². The van der Waals surface area contributed by atoms with E-state index in [1.807, 2.05) is 13.1 Å². The third kappa shape index (κ3) is 1.53. The van der Waals surface area contributed by atoms with Gasteiger partial charge < -0.3 is 10.6 Å². The number of hydrogen-bond acceptors (Lipinski definition) is 3. The van der Waals surface area contributed by atoms with Crippen molar-refractivity contribution in [3.63, 3.8) is 0 Å². The average molecular weight is 177 g/mol. The van der Waals surface area contributed by atoms with Crippen LogP contribution in [0.3, 0.4) is 0 Å². The minimum Gasteiger partial charge on any atom is -0.324 e. The van der Waals surface area contributed by atoms with Gasteiger partial charge in [0, 0.05) is 6.54 Å². The number of anilines is 1. The maximum absolute atomic E-state index is 11.0. The van der Waals surface area contributed by atoms with Gasteiger partial charge >= 0.3 is 0 Å². The molecular formula is C9H11N3O. The van der Waals surface area contributed by atoms with Gasteiger partial charge in [0.15, 0.2) is 0 Å². The zero-order chi connectivity index (χ0) is 9.26. The Morgan fingerprint density at radius 2 is 2.54 bits per heavy atom. The number of nitrogens with one attached hydrogen (secondary N) is 2. The summed E-state index contributed by atoms with van der Waals surface area (Å²) >= 11 is 0. The van der Waals surface area contributed by atoms with Crippen molar-refractivity contribution < 1.29 is 4.79 Å². The minimum atomic E-state index is 0.0541. The molecule has 1 aromatic heterocycles. The number of carbonyl (C=O) groups excluding carboxylic acids is 1. The molecule has 1 amide bonds. The van der Waals surface area contributed by atoms with Crippen molar-refractivity contribution in [1.29, 1.82) is 0 Å². The number of fused-ring (bicyclic) bond motifs is 1. The Bertz CT molecular complexity index is 349. The topological polar surface area (TPSA) is 54.0 Å². The summed E-state index contributed by atoms with van der Waals surface area (Å²) in [5, 5.41) is 5.76. The molecule has 0 atom stereocenters. The second kappa shape index (κ2) is 3.14. The molecule has 2 heterocycles. The Morgan fingerprint density at radius 1 is 1.69 bits per heavy atom. The molecule has 0 spiro atoms. The van der Waals surface area contributed by atoms with E-state index in [1.54, 1.807) is 6.20 Å². The molecule has 4 heteroatoms. The molecule has 0 aromatic carbocycles. The largest absolute Gasteiger partial charge is 0.324 e. The van der Waals surface area contributed by atoms with Gasteiger partial charge in [-0.05, 0) is 18.7 Å². The standard InChI is InChI=1S/C9H11N3O/c1-10-4-7-2-6-3-9(13)12-8(6)5-11-7/h2,5,10H,3-4H2,1H3,(H,12,13). The van der Waals surface area contributed by atoms with Crippen LogP contribution in [0.25, 0.3) is 0 Å². The van der Waals surface area contributed by atoms with Crippen LogP contribution in [-0.2, 0) is 17.8 Å². The van der Waals surface area contributed by atoms with Crippen LogP contribution < -0.4 is 10.6 Å². The number of aromatic nitrogens is 1. The van der Waals surface area contributed by atoms with Crippen LogP contribution >= 0.6 is 0 Å². The fourth-order valence-corrected chi connectivity index (χ4v) is 1.45. The third-order valence-corrected chi connectivity index (χ3v) is 2.03. The quantitative estimate of drug-likeness (QED) is 0.683. The van der Waals surface area contributed by atoms with Crippen LogP contribution in [0, 0.1) is 0 Å². The maximum Gasteiger partial charge on any atom is 0.228 e. The summed E-state index contributed by atoms with van der Waals surface area (Å²) in [6, 6.07) is 1.96. The summed E-state index contributed by atoms with van der Waals surface area (Å²) in [7, 11) is 1.87. The van der Waals surface area contributed by atoms with Crippen molar-refractivity contribution in [2.24, 2.45) is 0 Å². The highest BCUT2D eigenvalue weighted by Crippen LogP contribution is 2.21. The second-order valence-corrected chi connectivity index (χ2v) is 3.09. The van der Waals surface area contributed by atoms with Gasteiger partial charge in [-0.25, -0.2) is 0 Å². The van der Waals surface area contributed by atoms with Crippen molar-refractivity contribution in [3.05, 3.63) is 23.5 Å². The number of rotatable bonds is 2. The first-order chi connectivity index (χ1) is 6.29. The average Bonchev–Trinajstić information content (AvgIpc) is 2.44. The first-order valence-corrected chi connectivity index (χ1v) is 4.22. The van der Waals surface area contributed by atoms with Gasteiger partial charge in [-0.1, -0.05) is 0 Å². The van der Waals surface area contributed by atoms with Crippen LogP contribution in [0.1, 0.15) is 11.3 Å². The Morgan fingerprint density at radius 3 is 3.31 bits per heavy atom. The summed E-state index contributed by atoms with van der Waals surface area (Å²) in [4.78, 5) is 15.2. The molecule has 2 rings (SSSR count). The van der Waals surface area contributed by atoms with Crippen LogP contribution in [0.5, 0.6) is 0 Å².